The average Bonchev–Trinajstić information content (AvgIpc) is 1.85. The van der Waals surface area contributed by atoms with E-state index < -0.39 is 6.10 Å². The summed E-state index contributed by atoms with van der Waals surface area (Å²) in [7, 11) is 0. The zero-order chi connectivity index (χ0) is 8.43. The largest absolute Gasteiger partial charge is 0.389 e. The van der Waals surface area contributed by atoms with E-state index in [4.69, 9.17) is 23.2 Å². The van der Waals surface area contributed by atoms with Crippen LogP contribution in [0.25, 0.3) is 0 Å². The Bertz CT molecular complexity index is 238. The Hall–Kier alpha value is -0.240. The lowest BCUT2D eigenvalue weighted by molar-refractivity contribution is 0.199. The number of hydrogen-bond acceptors (Lipinski definition) is 1. The normalized spacial score (nSPS) is 13.1. The molecule has 1 N–H and O–H groups in total. The second kappa shape index (κ2) is 3.44. The molecule has 1 aromatic rings. The van der Waals surface area contributed by atoms with Crippen molar-refractivity contribution in [2.24, 2.45) is 0 Å². The van der Waals surface area contributed by atoms with Crippen molar-refractivity contribution in [2.75, 3.05) is 0 Å². The van der Waals surface area contributed by atoms with Gasteiger partial charge in [0.25, 0.3) is 0 Å². The van der Waals surface area contributed by atoms with Crippen LogP contribution < -0.4 is 0 Å². The maximum atomic E-state index is 9.22. The summed E-state index contributed by atoms with van der Waals surface area (Å²) in [6, 6.07) is 5.15. The van der Waals surface area contributed by atoms with E-state index in [1.54, 1.807) is 25.1 Å². The highest BCUT2D eigenvalue weighted by atomic mass is 35.5. The second-order valence-electron chi connectivity index (χ2n) is 2.31. The second-order valence-corrected chi connectivity index (χ2v) is 3.13. The van der Waals surface area contributed by atoms with E-state index >= 15 is 0 Å². The van der Waals surface area contributed by atoms with E-state index in [1.165, 1.54) is 0 Å². The van der Waals surface area contributed by atoms with E-state index in [0.29, 0.717) is 15.6 Å². The fourth-order valence-corrected chi connectivity index (χ4v) is 1.62. The molecule has 1 nitrogen and oxygen atoms in total. The predicted octanol–water partition coefficient (Wildman–Crippen LogP) is 3.05. The molecule has 0 unspecified atom stereocenters. The molecule has 0 fully saturated rings. The van der Waals surface area contributed by atoms with Gasteiger partial charge in [-0.1, -0.05) is 29.3 Å². The highest BCUT2D eigenvalue weighted by Gasteiger charge is 2.09. The van der Waals surface area contributed by atoms with Gasteiger partial charge in [-0.3, -0.25) is 0 Å². The van der Waals surface area contributed by atoms with E-state index in [9.17, 15) is 5.11 Å². The number of benzene rings is 1. The third kappa shape index (κ3) is 1.86. The first-order valence-corrected chi connectivity index (χ1v) is 4.00. The topological polar surface area (TPSA) is 20.2 Å². The van der Waals surface area contributed by atoms with Gasteiger partial charge in [0.05, 0.1) is 6.10 Å². The van der Waals surface area contributed by atoms with Crippen LogP contribution in [0.5, 0.6) is 0 Å². The summed E-state index contributed by atoms with van der Waals surface area (Å²) in [5, 5.41) is 10.2. The number of aliphatic hydroxyl groups is 1. The van der Waals surface area contributed by atoms with Crippen LogP contribution in [0, 0.1) is 0 Å². The first-order valence-electron chi connectivity index (χ1n) is 3.25. The summed E-state index contributed by atoms with van der Waals surface area (Å²) in [5.41, 5.74) is 0.593. The van der Waals surface area contributed by atoms with Crippen LogP contribution in [-0.2, 0) is 0 Å². The molecule has 0 aromatic heterocycles. The Morgan fingerprint density at radius 3 is 2.00 bits per heavy atom. The Labute approximate surface area is 75.6 Å². The van der Waals surface area contributed by atoms with Crippen molar-refractivity contribution in [1.29, 1.82) is 0 Å². The molecule has 1 rings (SSSR count). The monoisotopic (exact) mass is 190 g/mol. The van der Waals surface area contributed by atoms with Crippen molar-refractivity contribution in [3.8, 4) is 0 Å². The molecule has 0 aliphatic heterocycles. The number of rotatable bonds is 1. The molecule has 0 spiro atoms. The molecule has 60 valence electrons. The summed E-state index contributed by atoms with van der Waals surface area (Å²) < 4.78 is 0. The van der Waals surface area contributed by atoms with Gasteiger partial charge in [0.15, 0.2) is 0 Å². The van der Waals surface area contributed by atoms with Crippen molar-refractivity contribution in [3.63, 3.8) is 0 Å². The number of aliphatic hydroxyl groups excluding tert-OH is 1. The predicted molar refractivity (Wildman–Crippen MR) is 47.1 cm³/mol. The van der Waals surface area contributed by atoms with Crippen LogP contribution in [0.2, 0.25) is 10.0 Å². The molecule has 1 aromatic carbocycles. The van der Waals surface area contributed by atoms with Gasteiger partial charge >= 0.3 is 0 Å². The van der Waals surface area contributed by atoms with E-state index in [-0.39, 0.29) is 0 Å². The zero-order valence-corrected chi connectivity index (χ0v) is 7.52. The summed E-state index contributed by atoms with van der Waals surface area (Å²) in [6.07, 6.45) is -0.615. The first kappa shape index (κ1) is 8.85. The minimum atomic E-state index is -0.615. The van der Waals surface area contributed by atoms with Crippen molar-refractivity contribution >= 4 is 23.2 Å². The Balaban J connectivity index is 3.21. The van der Waals surface area contributed by atoms with E-state index in [2.05, 4.69) is 0 Å². The van der Waals surface area contributed by atoms with Crippen LogP contribution in [0.1, 0.15) is 18.6 Å². The molecule has 0 aliphatic carbocycles. The molecule has 0 heterocycles. The highest BCUT2D eigenvalue weighted by Crippen LogP contribution is 2.29. The van der Waals surface area contributed by atoms with Gasteiger partial charge < -0.3 is 5.11 Å². The number of halogens is 2. The van der Waals surface area contributed by atoms with Crippen molar-refractivity contribution < 1.29 is 5.11 Å². The summed E-state index contributed by atoms with van der Waals surface area (Å²) >= 11 is 11.6. The van der Waals surface area contributed by atoms with Gasteiger partial charge in [0, 0.05) is 15.6 Å². The quantitative estimate of drug-likeness (QED) is 0.723. The van der Waals surface area contributed by atoms with Crippen molar-refractivity contribution in [3.05, 3.63) is 33.8 Å². The summed E-state index contributed by atoms with van der Waals surface area (Å²) in [6.45, 7) is 1.63. The van der Waals surface area contributed by atoms with Gasteiger partial charge in [0.1, 0.15) is 0 Å². The van der Waals surface area contributed by atoms with Crippen LogP contribution in [0.3, 0.4) is 0 Å². The number of hydrogen-bond donors (Lipinski definition) is 1. The minimum absolute atomic E-state index is 0.507. The van der Waals surface area contributed by atoms with Crippen LogP contribution in [0.15, 0.2) is 18.2 Å². The lowest BCUT2D eigenvalue weighted by Crippen LogP contribution is -1.92. The maximum absolute atomic E-state index is 9.22. The molecule has 0 amide bonds. The molecule has 3 heteroatoms. The SMILES string of the molecule is C[C@H](O)c1c(Cl)cccc1Cl. The molecular weight excluding hydrogens is 183 g/mol. The summed E-state index contributed by atoms with van der Waals surface area (Å²) in [5.74, 6) is 0. The average molecular weight is 191 g/mol. The van der Waals surface area contributed by atoms with Gasteiger partial charge in [0.2, 0.25) is 0 Å². The van der Waals surface area contributed by atoms with Crippen molar-refractivity contribution in [1.82, 2.24) is 0 Å². The Kier molecular flexibility index (Phi) is 2.77. The lowest BCUT2D eigenvalue weighted by atomic mass is 10.1. The first-order chi connectivity index (χ1) is 5.13. The molecule has 0 saturated carbocycles. The standard InChI is InChI=1S/C8H8Cl2O/c1-5(11)8-6(9)3-2-4-7(8)10/h2-5,11H,1H3/t5-/m0/s1. The molecule has 1 atom stereocenters. The van der Waals surface area contributed by atoms with Gasteiger partial charge in [-0.2, -0.15) is 0 Å². The molecule has 0 radical (unpaired) electrons. The molecule has 0 saturated heterocycles. The van der Waals surface area contributed by atoms with Gasteiger partial charge in [-0.25, -0.2) is 0 Å². The van der Waals surface area contributed by atoms with Crippen molar-refractivity contribution in [2.45, 2.75) is 13.0 Å². The van der Waals surface area contributed by atoms with Crippen LogP contribution >= 0.6 is 23.2 Å². The Morgan fingerprint density at radius 2 is 1.73 bits per heavy atom. The fourth-order valence-electron chi connectivity index (χ4n) is 0.910. The minimum Gasteiger partial charge on any atom is -0.389 e. The van der Waals surface area contributed by atoms with Gasteiger partial charge in [-0.15, -0.1) is 0 Å². The summed E-state index contributed by atoms with van der Waals surface area (Å²) in [4.78, 5) is 0. The third-order valence-electron chi connectivity index (χ3n) is 1.42. The van der Waals surface area contributed by atoms with E-state index in [1.807, 2.05) is 0 Å². The molecule has 0 aliphatic rings. The smallest absolute Gasteiger partial charge is 0.0791 e. The lowest BCUT2D eigenvalue weighted by Gasteiger charge is -2.08. The zero-order valence-electron chi connectivity index (χ0n) is 6.01. The van der Waals surface area contributed by atoms with Crippen LogP contribution in [-0.4, -0.2) is 5.11 Å². The molecular formula is C8H8Cl2O. The van der Waals surface area contributed by atoms with Crippen LogP contribution in [0.4, 0.5) is 0 Å². The fraction of sp³-hybridized carbons (Fsp3) is 0.250. The van der Waals surface area contributed by atoms with Gasteiger partial charge in [-0.05, 0) is 19.1 Å². The highest BCUT2D eigenvalue weighted by molar-refractivity contribution is 6.36. The molecule has 0 bridgehead atoms. The Morgan fingerprint density at radius 1 is 1.27 bits per heavy atom. The van der Waals surface area contributed by atoms with E-state index in [0.717, 1.165) is 0 Å². The molecule has 11 heavy (non-hydrogen) atoms. The maximum Gasteiger partial charge on any atom is 0.0791 e. The third-order valence-corrected chi connectivity index (χ3v) is 2.08.